The van der Waals surface area contributed by atoms with Crippen molar-refractivity contribution in [1.82, 2.24) is 4.98 Å². The fraction of sp³-hybridized carbons (Fsp3) is 0.615. The van der Waals surface area contributed by atoms with Crippen LogP contribution in [-0.2, 0) is 0 Å². The molecule has 16 heavy (non-hydrogen) atoms. The molecule has 0 bridgehead atoms. The zero-order chi connectivity index (χ0) is 11.4. The quantitative estimate of drug-likeness (QED) is 0.857. The van der Waals surface area contributed by atoms with Gasteiger partial charge >= 0.3 is 0 Å². The Morgan fingerprint density at radius 2 is 2.38 bits per heavy atom. The second-order valence-electron chi connectivity index (χ2n) is 4.64. The number of pyridine rings is 1. The van der Waals surface area contributed by atoms with Gasteiger partial charge in [0.1, 0.15) is 0 Å². The third kappa shape index (κ3) is 2.88. The highest BCUT2D eigenvalue weighted by Gasteiger charge is 2.20. The summed E-state index contributed by atoms with van der Waals surface area (Å²) in [6.07, 6.45) is 10.1. The topological polar surface area (TPSA) is 24.9 Å². The number of aromatic nitrogens is 1. The molecule has 1 saturated carbocycles. The van der Waals surface area contributed by atoms with Crippen LogP contribution in [0.5, 0.6) is 0 Å². The summed E-state index contributed by atoms with van der Waals surface area (Å²) in [5.74, 6) is 0.877. The summed E-state index contributed by atoms with van der Waals surface area (Å²) in [5, 5.41) is 4.29. The number of nitrogens with one attached hydrogen (secondary N) is 1. The molecule has 1 heterocycles. The molecule has 1 N–H and O–H groups in total. The van der Waals surface area contributed by atoms with Crippen LogP contribution in [0.3, 0.4) is 0 Å². The van der Waals surface area contributed by atoms with Gasteiger partial charge in [-0.15, -0.1) is 0 Å². The molecule has 0 saturated heterocycles. The Kier molecular flexibility index (Phi) is 4.05. The van der Waals surface area contributed by atoms with Gasteiger partial charge in [-0.1, -0.05) is 37.8 Å². The van der Waals surface area contributed by atoms with Gasteiger partial charge in [0, 0.05) is 12.2 Å². The van der Waals surface area contributed by atoms with Crippen molar-refractivity contribution >= 4 is 17.3 Å². The van der Waals surface area contributed by atoms with Crippen molar-refractivity contribution in [3.63, 3.8) is 0 Å². The van der Waals surface area contributed by atoms with E-state index in [4.69, 9.17) is 11.6 Å². The molecule has 1 fully saturated rings. The highest BCUT2D eigenvalue weighted by Crippen LogP contribution is 2.30. The molecule has 2 atom stereocenters. The lowest BCUT2D eigenvalue weighted by atomic mass is 9.84. The van der Waals surface area contributed by atoms with Crippen LogP contribution >= 0.6 is 11.6 Å². The zero-order valence-corrected chi connectivity index (χ0v) is 10.5. The van der Waals surface area contributed by atoms with Crippen LogP contribution in [0.4, 0.5) is 5.69 Å². The number of hydrogen-bond acceptors (Lipinski definition) is 2. The molecule has 88 valence electrons. The molecular formula is C13H19ClN2. The normalized spacial score (nSPS) is 25.4. The van der Waals surface area contributed by atoms with E-state index in [0.717, 1.165) is 16.6 Å². The maximum absolute atomic E-state index is 6.11. The van der Waals surface area contributed by atoms with Gasteiger partial charge in [0.25, 0.3) is 0 Å². The molecule has 1 aliphatic carbocycles. The van der Waals surface area contributed by atoms with Crippen molar-refractivity contribution in [3.05, 3.63) is 23.5 Å². The van der Waals surface area contributed by atoms with E-state index in [-0.39, 0.29) is 0 Å². The van der Waals surface area contributed by atoms with Crippen molar-refractivity contribution in [2.24, 2.45) is 5.92 Å². The van der Waals surface area contributed by atoms with E-state index < -0.39 is 0 Å². The first-order chi connectivity index (χ1) is 7.79. The predicted octanol–water partition coefficient (Wildman–Crippen LogP) is 4.12. The van der Waals surface area contributed by atoms with Crippen LogP contribution in [0.2, 0.25) is 5.02 Å². The van der Waals surface area contributed by atoms with Crippen LogP contribution in [0.15, 0.2) is 18.5 Å². The van der Waals surface area contributed by atoms with E-state index in [9.17, 15) is 0 Å². The highest BCUT2D eigenvalue weighted by molar-refractivity contribution is 6.33. The van der Waals surface area contributed by atoms with Crippen LogP contribution in [0.1, 0.15) is 39.0 Å². The van der Waals surface area contributed by atoms with Crippen molar-refractivity contribution in [2.75, 3.05) is 5.32 Å². The van der Waals surface area contributed by atoms with Gasteiger partial charge in [-0.3, -0.25) is 4.98 Å². The predicted molar refractivity (Wildman–Crippen MR) is 68.9 cm³/mol. The lowest BCUT2D eigenvalue weighted by Gasteiger charge is -2.29. The standard InChI is InChI=1S/C13H19ClN2/c1-2-10-4-3-5-11(8-10)16-13-9-15-7-6-12(13)14/h6-7,9-11,16H,2-5,8H2,1H3. The van der Waals surface area contributed by atoms with Crippen LogP contribution in [-0.4, -0.2) is 11.0 Å². The summed E-state index contributed by atoms with van der Waals surface area (Å²) in [6, 6.07) is 2.41. The minimum absolute atomic E-state index is 0.570. The molecule has 0 aromatic carbocycles. The molecule has 3 heteroatoms. The zero-order valence-electron chi connectivity index (χ0n) is 9.75. The number of anilines is 1. The van der Waals surface area contributed by atoms with E-state index >= 15 is 0 Å². The first-order valence-electron chi connectivity index (χ1n) is 6.15. The van der Waals surface area contributed by atoms with Crippen LogP contribution in [0, 0.1) is 5.92 Å². The second kappa shape index (κ2) is 5.53. The number of nitrogens with zero attached hydrogens (tertiary/aromatic N) is 1. The summed E-state index contributed by atoms with van der Waals surface area (Å²) in [7, 11) is 0. The van der Waals surface area contributed by atoms with E-state index in [1.54, 1.807) is 6.20 Å². The number of halogens is 1. The molecular weight excluding hydrogens is 220 g/mol. The number of rotatable bonds is 3. The fourth-order valence-electron chi connectivity index (χ4n) is 2.50. The molecule has 0 amide bonds. The van der Waals surface area contributed by atoms with Gasteiger partial charge < -0.3 is 5.32 Å². The highest BCUT2D eigenvalue weighted by atomic mass is 35.5. The Hall–Kier alpha value is -0.760. The summed E-state index contributed by atoms with van der Waals surface area (Å²) in [5.41, 5.74) is 0.978. The van der Waals surface area contributed by atoms with E-state index in [1.807, 2.05) is 12.3 Å². The average molecular weight is 239 g/mol. The van der Waals surface area contributed by atoms with E-state index in [2.05, 4.69) is 17.2 Å². The maximum atomic E-state index is 6.11. The summed E-state index contributed by atoms with van der Waals surface area (Å²) in [4.78, 5) is 4.10. The van der Waals surface area contributed by atoms with E-state index in [1.165, 1.54) is 32.1 Å². The molecule has 2 rings (SSSR count). The first kappa shape index (κ1) is 11.7. The molecule has 2 nitrogen and oxygen atoms in total. The molecule has 0 spiro atoms. The minimum atomic E-state index is 0.570. The van der Waals surface area contributed by atoms with E-state index in [0.29, 0.717) is 6.04 Å². The summed E-state index contributed by atoms with van der Waals surface area (Å²) >= 11 is 6.11. The average Bonchev–Trinajstić information content (AvgIpc) is 2.32. The van der Waals surface area contributed by atoms with Gasteiger partial charge in [0.05, 0.1) is 16.9 Å². The van der Waals surface area contributed by atoms with Gasteiger partial charge in [0.2, 0.25) is 0 Å². The van der Waals surface area contributed by atoms with Crippen molar-refractivity contribution in [3.8, 4) is 0 Å². The Morgan fingerprint density at radius 1 is 1.50 bits per heavy atom. The number of hydrogen-bond donors (Lipinski definition) is 1. The molecule has 1 aromatic heterocycles. The third-order valence-electron chi connectivity index (χ3n) is 3.49. The lowest BCUT2D eigenvalue weighted by molar-refractivity contribution is 0.327. The second-order valence-corrected chi connectivity index (χ2v) is 5.04. The van der Waals surface area contributed by atoms with Crippen LogP contribution in [0.25, 0.3) is 0 Å². The molecule has 0 aliphatic heterocycles. The van der Waals surface area contributed by atoms with Gasteiger partial charge in [0.15, 0.2) is 0 Å². The summed E-state index contributed by atoms with van der Waals surface area (Å²) in [6.45, 7) is 2.28. The van der Waals surface area contributed by atoms with Crippen molar-refractivity contribution in [1.29, 1.82) is 0 Å². The summed E-state index contributed by atoms with van der Waals surface area (Å²) < 4.78 is 0. The van der Waals surface area contributed by atoms with Crippen molar-refractivity contribution < 1.29 is 0 Å². The van der Waals surface area contributed by atoms with Gasteiger partial charge in [-0.2, -0.15) is 0 Å². The Morgan fingerprint density at radius 3 is 3.12 bits per heavy atom. The smallest absolute Gasteiger partial charge is 0.0718 e. The molecule has 1 aromatic rings. The first-order valence-corrected chi connectivity index (χ1v) is 6.53. The Balaban J connectivity index is 1.97. The Labute approximate surface area is 102 Å². The SMILES string of the molecule is CCC1CCCC(Nc2cnccc2Cl)C1. The molecule has 2 unspecified atom stereocenters. The molecule has 0 radical (unpaired) electrons. The monoisotopic (exact) mass is 238 g/mol. The lowest BCUT2D eigenvalue weighted by Crippen LogP contribution is -2.27. The fourth-order valence-corrected chi connectivity index (χ4v) is 2.66. The maximum Gasteiger partial charge on any atom is 0.0718 e. The van der Waals surface area contributed by atoms with Crippen molar-refractivity contribution in [2.45, 2.75) is 45.1 Å². The largest absolute Gasteiger partial charge is 0.380 e. The van der Waals surface area contributed by atoms with Gasteiger partial charge in [-0.05, 0) is 24.8 Å². The van der Waals surface area contributed by atoms with Gasteiger partial charge in [-0.25, -0.2) is 0 Å². The Bertz CT molecular complexity index is 340. The third-order valence-corrected chi connectivity index (χ3v) is 3.82. The minimum Gasteiger partial charge on any atom is -0.380 e. The van der Waals surface area contributed by atoms with Crippen LogP contribution < -0.4 is 5.32 Å². The molecule has 1 aliphatic rings.